The van der Waals surface area contributed by atoms with Crippen LogP contribution in [0.15, 0.2) is 11.6 Å². The van der Waals surface area contributed by atoms with Gasteiger partial charge in [0, 0.05) is 6.54 Å². The monoisotopic (exact) mass is 153 g/mol. The maximum Gasteiger partial charge on any atom is 0.0137 e. The molecule has 0 amide bonds. The van der Waals surface area contributed by atoms with E-state index in [1.165, 1.54) is 25.8 Å². The van der Waals surface area contributed by atoms with Crippen LogP contribution >= 0.6 is 0 Å². The lowest BCUT2D eigenvalue weighted by molar-refractivity contribution is 0.525. The maximum absolute atomic E-state index is 3.34. The van der Waals surface area contributed by atoms with Gasteiger partial charge in [-0.05, 0) is 31.7 Å². The van der Waals surface area contributed by atoms with E-state index in [9.17, 15) is 0 Å². The molecule has 0 aromatic heterocycles. The number of hydrogen-bond acceptors (Lipinski definition) is 1. The van der Waals surface area contributed by atoms with Crippen molar-refractivity contribution < 1.29 is 0 Å². The summed E-state index contributed by atoms with van der Waals surface area (Å²) in [6, 6.07) is 0. The van der Waals surface area contributed by atoms with Crippen molar-refractivity contribution in [3.8, 4) is 0 Å². The number of rotatable bonds is 3. The topological polar surface area (TPSA) is 12.0 Å². The van der Waals surface area contributed by atoms with Gasteiger partial charge in [-0.15, -0.1) is 0 Å². The van der Waals surface area contributed by atoms with Crippen molar-refractivity contribution in [2.45, 2.75) is 33.1 Å². The lowest BCUT2D eigenvalue weighted by atomic mass is 9.90. The van der Waals surface area contributed by atoms with Crippen molar-refractivity contribution in [2.75, 3.05) is 13.1 Å². The Balaban J connectivity index is 2.48. The highest BCUT2D eigenvalue weighted by molar-refractivity contribution is 5.10. The van der Waals surface area contributed by atoms with Crippen LogP contribution < -0.4 is 5.32 Å². The molecule has 1 heteroatoms. The van der Waals surface area contributed by atoms with Gasteiger partial charge in [-0.3, -0.25) is 0 Å². The van der Waals surface area contributed by atoms with Crippen molar-refractivity contribution >= 4 is 0 Å². The second kappa shape index (κ2) is 4.55. The molecule has 0 fully saturated rings. The minimum atomic E-state index is 0.858. The Bertz CT molecular complexity index is 134. The van der Waals surface area contributed by atoms with Crippen LogP contribution in [0.5, 0.6) is 0 Å². The summed E-state index contributed by atoms with van der Waals surface area (Å²) in [5.41, 5.74) is 1.69. The van der Waals surface area contributed by atoms with E-state index in [-0.39, 0.29) is 0 Å². The molecule has 0 spiro atoms. The summed E-state index contributed by atoms with van der Waals surface area (Å²) in [7, 11) is 0. The maximum atomic E-state index is 3.34. The van der Waals surface area contributed by atoms with Crippen LogP contribution in [0, 0.1) is 5.92 Å². The van der Waals surface area contributed by atoms with Gasteiger partial charge in [0.1, 0.15) is 0 Å². The summed E-state index contributed by atoms with van der Waals surface area (Å²) < 4.78 is 0. The summed E-state index contributed by atoms with van der Waals surface area (Å²) in [6.45, 7) is 6.85. The molecule has 1 N–H and O–H groups in total. The van der Waals surface area contributed by atoms with Gasteiger partial charge in [0.25, 0.3) is 0 Å². The molecule has 1 heterocycles. The molecule has 1 rings (SSSR count). The standard InChI is InChI=1S/C10H19N/c1-3-9(4-2)10-5-7-11-8-6-10/h5,9,11H,3-4,6-8H2,1-2H3. The molecular formula is C10H19N. The van der Waals surface area contributed by atoms with E-state index in [4.69, 9.17) is 0 Å². The van der Waals surface area contributed by atoms with E-state index in [2.05, 4.69) is 25.2 Å². The Labute approximate surface area is 69.9 Å². The van der Waals surface area contributed by atoms with Gasteiger partial charge < -0.3 is 5.32 Å². The molecule has 11 heavy (non-hydrogen) atoms. The average Bonchev–Trinajstić information content (AvgIpc) is 2.09. The van der Waals surface area contributed by atoms with Crippen LogP contribution in [0.2, 0.25) is 0 Å². The normalized spacial score (nSPS) is 18.6. The lowest BCUT2D eigenvalue weighted by Gasteiger charge is -2.21. The van der Waals surface area contributed by atoms with Gasteiger partial charge in [-0.2, -0.15) is 0 Å². The molecule has 1 aliphatic rings. The molecular weight excluding hydrogens is 134 g/mol. The summed E-state index contributed by atoms with van der Waals surface area (Å²) in [5, 5.41) is 3.34. The third-order valence-electron chi connectivity index (χ3n) is 2.61. The van der Waals surface area contributed by atoms with Gasteiger partial charge in [0.05, 0.1) is 0 Å². The van der Waals surface area contributed by atoms with Crippen LogP contribution in [0.25, 0.3) is 0 Å². The Morgan fingerprint density at radius 2 is 2.18 bits per heavy atom. The molecule has 0 radical (unpaired) electrons. The van der Waals surface area contributed by atoms with E-state index >= 15 is 0 Å². The summed E-state index contributed by atoms with van der Waals surface area (Å²) in [6.07, 6.45) is 6.26. The molecule has 1 nitrogen and oxygen atoms in total. The van der Waals surface area contributed by atoms with E-state index in [1.54, 1.807) is 5.57 Å². The SMILES string of the molecule is CCC(CC)C1=CCNCC1. The van der Waals surface area contributed by atoms with Gasteiger partial charge in [-0.1, -0.05) is 25.5 Å². The van der Waals surface area contributed by atoms with Crippen LogP contribution in [-0.2, 0) is 0 Å². The number of hydrogen-bond donors (Lipinski definition) is 1. The first kappa shape index (κ1) is 8.79. The van der Waals surface area contributed by atoms with E-state index in [1.807, 2.05) is 0 Å². The molecule has 64 valence electrons. The Morgan fingerprint density at radius 1 is 1.45 bits per heavy atom. The summed E-state index contributed by atoms with van der Waals surface area (Å²) >= 11 is 0. The fraction of sp³-hybridized carbons (Fsp3) is 0.800. The fourth-order valence-electron chi connectivity index (χ4n) is 1.82. The van der Waals surface area contributed by atoms with Crippen molar-refractivity contribution in [2.24, 2.45) is 5.92 Å². The predicted octanol–water partition coefficient (Wildman–Crippen LogP) is 2.34. The highest BCUT2D eigenvalue weighted by Gasteiger charge is 2.11. The fourth-order valence-corrected chi connectivity index (χ4v) is 1.82. The zero-order chi connectivity index (χ0) is 8.10. The third kappa shape index (κ3) is 2.33. The first-order valence-electron chi connectivity index (χ1n) is 4.78. The number of nitrogens with one attached hydrogen (secondary N) is 1. The third-order valence-corrected chi connectivity index (χ3v) is 2.61. The van der Waals surface area contributed by atoms with Crippen molar-refractivity contribution in [3.05, 3.63) is 11.6 Å². The van der Waals surface area contributed by atoms with Crippen LogP contribution in [-0.4, -0.2) is 13.1 Å². The zero-order valence-corrected chi connectivity index (χ0v) is 7.69. The average molecular weight is 153 g/mol. The van der Waals surface area contributed by atoms with Crippen LogP contribution in [0.1, 0.15) is 33.1 Å². The van der Waals surface area contributed by atoms with E-state index < -0.39 is 0 Å². The molecule has 0 aliphatic carbocycles. The molecule has 0 saturated carbocycles. The zero-order valence-electron chi connectivity index (χ0n) is 7.69. The molecule has 0 unspecified atom stereocenters. The molecule has 0 saturated heterocycles. The Morgan fingerprint density at radius 3 is 2.64 bits per heavy atom. The van der Waals surface area contributed by atoms with Crippen LogP contribution in [0.3, 0.4) is 0 Å². The highest BCUT2D eigenvalue weighted by atomic mass is 14.8. The quantitative estimate of drug-likeness (QED) is 0.614. The van der Waals surface area contributed by atoms with Crippen molar-refractivity contribution in [1.29, 1.82) is 0 Å². The predicted molar refractivity (Wildman–Crippen MR) is 49.6 cm³/mol. The largest absolute Gasteiger partial charge is 0.313 e. The molecule has 0 aromatic rings. The molecule has 0 bridgehead atoms. The molecule has 0 aromatic carbocycles. The lowest BCUT2D eigenvalue weighted by Crippen LogP contribution is -2.23. The first-order valence-corrected chi connectivity index (χ1v) is 4.78. The second-order valence-electron chi connectivity index (χ2n) is 3.25. The Kier molecular flexibility index (Phi) is 3.64. The summed E-state index contributed by atoms with van der Waals surface area (Å²) in [4.78, 5) is 0. The van der Waals surface area contributed by atoms with Gasteiger partial charge in [-0.25, -0.2) is 0 Å². The summed E-state index contributed by atoms with van der Waals surface area (Å²) in [5.74, 6) is 0.858. The minimum Gasteiger partial charge on any atom is -0.313 e. The Hall–Kier alpha value is -0.300. The van der Waals surface area contributed by atoms with E-state index in [0.29, 0.717) is 0 Å². The minimum absolute atomic E-state index is 0.858. The van der Waals surface area contributed by atoms with Crippen molar-refractivity contribution in [3.63, 3.8) is 0 Å². The second-order valence-corrected chi connectivity index (χ2v) is 3.25. The first-order chi connectivity index (χ1) is 5.38. The highest BCUT2D eigenvalue weighted by Crippen LogP contribution is 2.22. The van der Waals surface area contributed by atoms with Gasteiger partial charge in [0.2, 0.25) is 0 Å². The van der Waals surface area contributed by atoms with Crippen LogP contribution in [0.4, 0.5) is 0 Å². The van der Waals surface area contributed by atoms with E-state index in [0.717, 1.165) is 12.5 Å². The van der Waals surface area contributed by atoms with Gasteiger partial charge >= 0.3 is 0 Å². The van der Waals surface area contributed by atoms with Crippen molar-refractivity contribution in [1.82, 2.24) is 5.32 Å². The smallest absolute Gasteiger partial charge is 0.0137 e. The van der Waals surface area contributed by atoms with Gasteiger partial charge in [0.15, 0.2) is 0 Å². The molecule has 0 atom stereocenters. The molecule has 1 aliphatic heterocycles.